The molecule has 0 aromatic rings. The van der Waals surface area contributed by atoms with Crippen LogP contribution >= 0.6 is 0 Å². The molecule has 0 aromatic heterocycles. The average molecular weight is 328 g/mol. The summed E-state index contributed by atoms with van der Waals surface area (Å²) in [7, 11) is 0. The topological polar surface area (TPSA) is 71.1 Å². The lowest BCUT2D eigenvalue weighted by molar-refractivity contribution is -0.276. The molecule has 1 heterocycles. The van der Waals surface area contributed by atoms with Crippen LogP contribution in [0.3, 0.4) is 0 Å². The van der Waals surface area contributed by atoms with Gasteiger partial charge in [-0.1, -0.05) is 27.4 Å². The lowest BCUT2D eigenvalue weighted by atomic mass is 9.82. The van der Waals surface area contributed by atoms with Gasteiger partial charge in [-0.3, -0.25) is 4.79 Å². The highest BCUT2D eigenvalue weighted by Gasteiger charge is 2.43. The molecule has 132 valence electrons. The second kappa shape index (κ2) is 9.03. The molecular formula is C17H28O6. The number of esters is 2. The summed E-state index contributed by atoms with van der Waals surface area (Å²) in [4.78, 5) is 22.7. The van der Waals surface area contributed by atoms with Gasteiger partial charge in [-0.15, -0.1) is 0 Å². The van der Waals surface area contributed by atoms with E-state index in [-0.39, 0.29) is 37.1 Å². The molecule has 1 aliphatic heterocycles. The van der Waals surface area contributed by atoms with Gasteiger partial charge in [-0.05, 0) is 19.3 Å². The Morgan fingerprint density at radius 2 is 1.78 bits per heavy atom. The van der Waals surface area contributed by atoms with E-state index in [9.17, 15) is 9.59 Å². The average Bonchev–Trinajstić information content (AvgIpc) is 2.49. The zero-order valence-electron chi connectivity index (χ0n) is 14.7. The highest BCUT2D eigenvalue weighted by Crippen LogP contribution is 2.34. The Balaban J connectivity index is 2.61. The Kier molecular flexibility index (Phi) is 7.72. The summed E-state index contributed by atoms with van der Waals surface area (Å²) in [5.41, 5.74) is 0.338. The third-order valence-electron chi connectivity index (χ3n) is 4.16. The van der Waals surface area contributed by atoms with Crippen LogP contribution in [0.4, 0.5) is 0 Å². The molecule has 1 saturated heterocycles. The standard InChI is InChI=1S/C17H28O6/c1-7-14-11(4)12(5)15(22-13(6)18)17(23-14)21-9-8-20-16(19)10(2)3/h11-12,14-15,17H,2,7-9H2,1,3-6H3. The van der Waals surface area contributed by atoms with Crippen molar-refractivity contribution in [3.8, 4) is 0 Å². The van der Waals surface area contributed by atoms with Gasteiger partial charge in [0.25, 0.3) is 0 Å². The predicted octanol–water partition coefficient (Wildman–Crippen LogP) is 2.46. The summed E-state index contributed by atoms with van der Waals surface area (Å²) in [5, 5.41) is 0. The Hall–Kier alpha value is -1.40. The Labute approximate surface area is 138 Å². The third-order valence-corrected chi connectivity index (χ3v) is 4.16. The van der Waals surface area contributed by atoms with Gasteiger partial charge in [-0.2, -0.15) is 0 Å². The van der Waals surface area contributed by atoms with E-state index < -0.39 is 18.4 Å². The molecule has 0 aromatic carbocycles. The van der Waals surface area contributed by atoms with Crippen LogP contribution in [0.15, 0.2) is 12.2 Å². The molecule has 1 fully saturated rings. The summed E-state index contributed by atoms with van der Waals surface area (Å²) in [6, 6.07) is 0. The fourth-order valence-electron chi connectivity index (χ4n) is 2.64. The number of carbonyl (C=O) groups is 2. The molecule has 5 atom stereocenters. The lowest BCUT2D eigenvalue weighted by Gasteiger charge is -2.43. The van der Waals surface area contributed by atoms with Crippen LogP contribution in [0.2, 0.25) is 0 Å². The van der Waals surface area contributed by atoms with Gasteiger partial charge in [0, 0.05) is 18.4 Å². The van der Waals surface area contributed by atoms with E-state index in [4.69, 9.17) is 18.9 Å². The molecule has 23 heavy (non-hydrogen) atoms. The van der Waals surface area contributed by atoms with Crippen LogP contribution < -0.4 is 0 Å². The van der Waals surface area contributed by atoms with Crippen molar-refractivity contribution in [1.82, 2.24) is 0 Å². The zero-order valence-corrected chi connectivity index (χ0v) is 14.7. The highest BCUT2D eigenvalue weighted by atomic mass is 16.7. The predicted molar refractivity (Wildman–Crippen MR) is 84.6 cm³/mol. The van der Waals surface area contributed by atoms with E-state index in [1.807, 2.05) is 13.8 Å². The van der Waals surface area contributed by atoms with Crippen molar-refractivity contribution >= 4 is 11.9 Å². The number of hydrogen-bond donors (Lipinski definition) is 0. The molecule has 0 aliphatic carbocycles. The molecule has 0 amide bonds. The second-order valence-electron chi connectivity index (χ2n) is 6.03. The first kappa shape index (κ1) is 19.6. The second-order valence-corrected chi connectivity index (χ2v) is 6.03. The Morgan fingerprint density at radius 3 is 2.30 bits per heavy atom. The number of carbonyl (C=O) groups excluding carboxylic acids is 2. The van der Waals surface area contributed by atoms with Gasteiger partial charge in [0.15, 0.2) is 12.4 Å². The molecular weight excluding hydrogens is 300 g/mol. The van der Waals surface area contributed by atoms with Gasteiger partial charge in [0.05, 0.1) is 12.7 Å². The highest BCUT2D eigenvalue weighted by molar-refractivity contribution is 5.86. The molecule has 0 saturated carbocycles. The van der Waals surface area contributed by atoms with Gasteiger partial charge in [-0.25, -0.2) is 4.79 Å². The fraction of sp³-hybridized carbons (Fsp3) is 0.765. The molecule has 0 spiro atoms. The zero-order chi connectivity index (χ0) is 17.6. The molecule has 1 rings (SSSR count). The first-order valence-electron chi connectivity index (χ1n) is 8.04. The monoisotopic (exact) mass is 328 g/mol. The van der Waals surface area contributed by atoms with Gasteiger partial charge in [0.2, 0.25) is 0 Å². The maximum atomic E-state index is 11.3. The summed E-state index contributed by atoms with van der Waals surface area (Å²) >= 11 is 0. The Bertz CT molecular complexity index is 433. The van der Waals surface area contributed by atoms with E-state index in [1.54, 1.807) is 6.92 Å². The molecule has 6 nitrogen and oxygen atoms in total. The smallest absolute Gasteiger partial charge is 0.333 e. The van der Waals surface area contributed by atoms with Crippen LogP contribution in [0.5, 0.6) is 0 Å². The maximum absolute atomic E-state index is 11.3. The summed E-state index contributed by atoms with van der Waals surface area (Å²) in [6.07, 6.45) is -0.233. The lowest BCUT2D eigenvalue weighted by Crippen LogP contribution is -2.52. The van der Waals surface area contributed by atoms with Crippen LogP contribution in [-0.4, -0.2) is 43.7 Å². The van der Waals surface area contributed by atoms with Crippen LogP contribution in [0.25, 0.3) is 0 Å². The third kappa shape index (κ3) is 5.62. The minimum Gasteiger partial charge on any atom is -0.460 e. The summed E-state index contributed by atoms with van der Waals surface area (Å²) < 4.78 is 22.0. The number of rotatable bonds is 7. The molecule has 1 aliphatic rings. The van der Waals surface area contributed by atoms with Crippen LogP contribution in [0.1, 0.15) is 41.0 Å². The molecule has 0 radical (unpaired) electrons. The number of hydrogen-bond acceptors (Lipinski definition) is 6. The van der Waals surface area contributed by atoms with Crippen molar-refractivity contribution in [3.63, 3.8) is 0 Å². The molecule has 6 heteroatoms. The first-order valence-corrected chi connectivity index (χ1v) is 8.04. The fourth-order valence-corrected chi connectivity index (χ4v) is 2.64. The normalized spacial score (nSPS) is 30.6. The van der Waals surface area contributed by atoms with Crippen molar-refractivity contribution in [2.24, 2.45) is 11.8 Å². The van der Waals surface area contributed by atoms with Crippen molar-refractivity contribution < 1.29 is 28.5 Å². The molecule has 0 N–H and O–H groups in total. The Morgan fingerprint density at radius 1 is 1.13 bits per heavy atom. The van der Waals surface area contributed by atoms with E-state index in [1.165, 1.54) is 6.92 Å². The SMILES string of the molecule is C=C(C)C(=O)OCCOC1OC(CC)C(C)C(C)C1OC(C)=O. The van der Waals surface area contributed by atoms with E-state index in [0.717, 1.165) is 6.42 Å². The van der Waals surface area contributed by atoms with Gasteiger partial charge in [0.1, 0.15) is 6.61 Å². The summed E-state index contributed by atoms with van der Waals surface area (Å²) in [5.74, 6) is -0.455. The van der Waals surface area contributed by atoms with Crippen LogP contribution in [-0.2, 0) is 28.5 Å². The minimum absolute atomic E-state index is 0.0415. The van der Waals surface area contributed by atoms with Gasteiger partial charge >= 0.3 is 11.9 Å². The van der Waals surface area contributed by atoms with Gasteiger partial charge < -0.3 is 18.9 Å². The molecule has 0 bridgehead atoms. The summed E-state index contributed by atoms with van der Waals surface area (Å²) in [6.45, 7) is 12.9. The van der Waals surface area contributed by atoms with E-state index >= 15 is 0 Å². The van der Waals surface area contributed by atoms with Crippen LogP contribution in [0, 0.1) is 11.8 Å². The van der Waals surface area contributed by atoms with E-state index in [2.05, 4.69) is 13.5 Å². The van der Waals surface area contributed by atoms with Crippen molar-refractivity contribution in [2.75, 3.05) is 13.2 Å². The number of ether oxygens (including phenoxy) is 4. The first-order chi connectivity index (χ1) is 10.8. The minimum atomic E-state index is -0.654. The molecule has 5 unspecified atom stereocenters. The van der Waals surface area contributed by atoms with Crippen molar-refractivity contribution in [3.05, 3.63) is 12.2 Å². The largest absolute Gasteiger partial charge is 0.460 e. The van der Waals surface area contributed by atoms with E-state index in [0.29, 0.717) is 5.57 Å². The van der Waals surface area contributed by atoms with Crippen molar-refractivity contribution in [2.45, 2.75) is 59.5 Å². The quantitative estimate of drug-likeness (QED) is 0.406. The maximum Gasteiger partial charge on any atom is 0.333 e. The van der Waals surface area contributed by atoms with Crippen molar-refractivity contribution in [1.29, 1.82) is 0 Å².